The Morgan fingerprint density at radius 1 is 0.556 bits per heavy atom. The Labute approximate surface area is 216 Å². The first-order valence-corrected chi connectivity index (χ1v) is 13.6. The Balaban J connectivity index is 1.15. The highest BCUT2D eigenvalue weighted by molar-refractivity contribution is 5.85. The maximum atomic E-state index is 2.40. The van der Waals surface area contributed by atoms with E-state index in [1.165, 1.54) is 66.8 Å². The summed E-state index contributed by atoms with van der Waals surface area (Å²) >= 11 is 0. The quantitative estimate of drug-likeness (QED) is 0.206. The van der Waals surface area contributed by atoms with Gasteiger partial charge in [0.25, 0.3) is 0 Å². The predicted octanol–water partition coefficient (Wildman–Crippen LogP) is 9.46. The van der Waals surface area contributed by atoms with Gasteiger partial charge in [0.1, 0.15) is 0 Å². The number of rotatable bonds is 7. The Hall–Kier alpha value is -3.64. The molecule has 0 atom stereocenters. The minimum absolute atomic E-state index is 1.05. The van der Waals surface area contributed by atoms with Gasteiger partial charge in [-0.1, -0.05) is 111 Å². The van der Waals surface area contributed by atoms with Crippen molar-refractivity contribution in [3.8, 4) is 22.3 Å². The maximum Gasteiger partial charge on any atom is -0.00131 e. The maximum absolute atomic E-state index is 2.40. The van der Waals surface area contributed by atoms with Crippen molar-refractivity contribution in [3.63, 3.8) is 0 Å². The third kappa shape index (κ3) is 4.16. The summed E-state index contributed by atoms with van der Waals surface area (Å²) in [5.41, 5.74) is 17.2. The number of benzene rings is 4. The number of fused-ring (bicyclic) bond motifs is 6. The second-order valence-electron chi connectivity index (χ2n) is 10.2. The van der Waals surface area contributed by atoms with Gasteiger partial charge in [-0.15, -0.1) is 0 Å². The third-order valence-electron chi connectivity index (χ3n) is 7.92. The van der Waals surface area contributed by atoms with Crippen molar-refractivity contribution in [2.24, 2.45) is 0 Å². The lowest BCUT2D eigenvalue weighted by Crippen LogP contribution is -1.85. The van der Waals surface area contributed by atoms with E-state index in [4.69, 9.17) is 0 Å². The SMILES string of the molecule is CCc1ccc2c(c1)Cc1cccc(/C=C/CC/C=C/c3cccc4c3-c3ccc(CC)cc3C4)c1-2. The number of aryl methyl sites for hydroxylation is 2. The molecule has 0 heterocycles. The molecule has 4 aromatic carbocycles. The van der Waals surface area contributed by atoms with Crippen LogP contribution in [0.4, 0.5) is 0 Å². The summed E-state index contributed by atoms with van der Waals surface area (Å²) in [6.07, 6.45) is 15.8. The van der Waals surface area contributed by atoms with Gasteiger partial charge in [-0.2, -0.15) is 0 Å². The molecule has 0 nitrogen and oxygen atoms in total. The lowest BCUT2D eigenvalue weighted by atomic mass is 9.97. The number of hydrogen-bond acceptors (Lipinski definition) is 0. The Morgan fingerprint density at radius 2 is 1.03 bits per heavy atom. The summed E-state index contributed by atoms with van der Waals surface area (Å²) in [5, 5.41) is 0. The number of hydrogen-bond donors (Lipinski definition) is 0. The van der Waals surface area contributed by atoms with Crippen LogP contribution in [-0.4, -0.2) is 0 Å². The number of allylic oxidation sites excluding steroid dienone is 2. The zero-order valence-electron chi connectivity index (χ0n) is 21.5. The average molecular weight is 467 g/mol. The van der Waals surface area contributed by atoms with Crippen molar-refractivity contribution >= 4 is 12.2 Å². The Bertz CT molecular complexity index is 1380. The molecule has 0 heteroatoms. The fourth-order valence-corrected chi connectivity index (χ4v) is 6.01. The molecule has 0 aromatic heterocycles. The van der Waals surface area contributed by atoms with Crippen molar-refractivity contribution in [2.75, 3.05) is 0 Å². The van der Waals surface area contributed by atoms with Gasteiger partial charge in [0.2, 0.25) is 0 Å². The van der Waals surface area contributed by atoms with Gasteiger partial charge in [0.15, 0.2) is 0 Å². The molecule has 6 rings (SSSR count). The molecule has 2 aliphatic rings. The largest absolute Gasteiger partial charge is 0.0836 e. The van der Waals surface area contributed by atoms with Crippen molar-refractivity contribution in [1.82, 2.24) is 0 Å². The number of unbranched alkanes of at least 4 members (excludes halogenated alkanes) is 1. The molecule has 2 aliphatic carbocycles. The molecule has 0 N–H and O–H groups in total. The van der Waals surface area contributed by atoms with E-state index in [0.29, 0.717) is 0 Å². The van der Waals surface area contributed by atoms with Crippen LogP contribution in [0, 0.1) is 0 Å². The molecule has 4 aromatic rings. The van der Waals surface area contributed by atoms with Crippen LogP contribution >= 0.6 is 0 Å². The molecule has 0 spiro atoms. The van der Waals surface area contributed by atoms with Gasteiger partial charge in [-0.25, -0.2) is 0 Å². The lowest BCUT2D eigenvalue weighted by molar-refractivity contribution is 1.06. The first-order chi connectivity index (χ1) is 17.7. The summed E-state index contributed by atoms with van der Waals surface area (Å²) in [6.45, 7) is 4.47. The van der Waals surface area contributed by atoms with E-state index < -0.39 is 0 Å². The van der Waals surface area contributed by atoms with Crippen molar-refractivity contribution < 1.29 is 0 Å². The molecule has 0 saturated heterocycles. The van der Waals surface area contributed by atoms with Gasteiger partial charge in [0.05, 0.1) is 0 Å². The second kappa shape index (κ2) is 9.78. The minimum Gasteiger partial charge on any atom is -0.0836 e. The predicted molar refractivity (Wildman–Crippen MR) is 155 cm³/mol. The van der Waals surface area contributed by atoms with E-state index in [9.17, 15) is 0 Å². The molecule has 0 fully saturated rings. The van der Waals surface area contributed by atoms with E-state index in [1.54, 1.807) is 0 Å². The van der Waals surface area contributed by atoms with Crippen LogP contribution in [0.1, 0.15) is 71.2 Å². The van der Waals surface area contributed by atoms with E-state index in [-0.39, 0.29) is 0 Å². The second-order valence-corrected chi connectivity index (χ2v) is 10.2. The zero-order valence-corrected chi connectivity index (χ0v) is 21.5. The van der Waals surface area contributed by atoms with Crippen molar-refractivity contribution in [1.29, 1.82) is 0 Å². The Kier molecular flexibility index (Phi) is 6.20. The van der Waals surface area contributed by atoms with Crippen LogP contribution in [0.25, 0.3) is 34.4 Å². The molecule has 0 unspecified atom stereocenters. The molecule has 0 radical (unpaired) electrons. The van der Waals surface area contributed by atoms with Crippen LogP contribution in [0.3, 0.4) is 0 Å². The highest BCUT2D eigenvalue weighted by Crippen LogP contribution is 2.41. The van der Waals surface area contributed by atoms with Gasteiger partial charge in [-0.05, 0) is 105 Å². The van der Waals surface area contributed by atoms with E-state index in [1.807, 2.05) is 0 Å². The topological polar surface area (TPSA) is 0 Å². The monoisotopic (exact) mass is 466 g/mol. The standard InChI is InChI=1S/C36H34/c1-3-25-17-19-33-31(21-25)23-29-15-9-13-27(35(29)33)11-7-5-6-8-12-28-14-10-16-30-24-32-22-26(4-2)18-20-34(32)36(28)30/h7-22H,3-6,23-24H2,1-2H3/b11-7+,12-8+. The average Bonchev–Trinajstić information content (AvgIpc) is 3.48. The molecule has 0 aliphatic heterocycles. The lowest BCUT2D eigenvalue weighted by Gasteiger charge is -2.07. The van der Waals surface area contributed by atoms with E-state index >= 15 is 0 Å². The summed E-state index contributed by atoms with van der Waals surface area (Å²) in [7, 11) is 0. The first kappa shape index (κ1) is 22.8. The van der Waals surface area contributed by atoms with Gasteiger partial charge in [-0.3, -0.25) is 0 Å². The highest BCUT2D eigenvalue weighted by Gasteiger charge is 2.21. The molecule has 178 valence electrons. The third-order valence-corrected chi connectivity index (χ3v) is 7.92. The summed E-state index contributed by atoms with van der Waals surface area (Å²) < 4.78 is 0. The van der Waals surface area contributed by atoms with Crippen LogP contribution in [0.2, 0.25) is 0 Å². The summed E-state index contributed by atoms with van der Waals surface area (Å²) in [6, 6.07) is 27.6. The molecule has 0 amide bonds. The highest BCUT2D eigenvalue weighted by atomic mass is 14.2. The molecule has 0 bridgehead atoms. The molecule has 0 saturated carbocycles. The molecular weight excluding hydrogens is 432 g/mol. The van der Waals surface area contributed by atoms with Gasteiger partial charge < -0.3 is 0 Å². The fraction of sp³-hybridized carbons (Fsp3) is 0.222. The zero-order chi connectivity index (χ0) is 24.5. The van der Waals surface area contributed by atoms with E-state index in [2.05, 4.69) is 111 Å². The summed E-state index contributed by atoms with van der Waals surface area (Å²) in [4.78, 5) is 0. The minimum atomic E-state index is 1.05. The Morgan fingerprint density at radius 3 is 1.47 bits per heavy atom. The van der Waals surface area contributed by atoms with Crippen molar-refractivity contribution in [2.45, 2.75) is 52.4 Å². The van der Waals surface area contributed by atoms with Gasteiger partial charge in [0, 0.05) is 0 Å². The van der Waals surface area contributed by atoms with Crippen LogP contribution < -0.4 is 0 Å². The van der Waals surface area contributed by atoms with Crippen LogP contribution in [0.5, 0.6) is 0 Å². The van der Waals surface area contributed by atoms with Crippen LogP contribution in [-0.2, 0) is 25.7 Å². The normalized spacial score (nSPS) is 13.3. The van der Waals surface area contributed by atoms with E-state index in [0.717, 1.165) is 38.5 Å². The molecular formula is C36H34. The smallest absolute Gasteiger partial charge is 0.00131 e. The fourth-order valence-electron chi connectivity index (χ4n) is 6.01. The van der Waals surface area contributed by atoms with Crippen LogP contribution in [0.15, 0.2) is 84.9 Å². The van der Waals surface area contributed by atoms with Crippen molar-refractivity contribution in [3.05, 3.63) is 129 Å². The summed E-state index contributed by atoms with van der Waals surface area (Å²) in [5.74, 6) is 0. The van der Waals surface area contributed by atoms with Gasteiger partial charge >= 0.3 is 0 Å². The first-order valence-electron chi connectivity index (χ1n) is 13.6. The molecule has 36 heavy (non-hydrogen) atoms.